The maximum absolute atomic E-state index is 12.5. The summed E-state index contributed by atoms with van der Waals surface area (Å²) in [6.07, 6.45) is 2.86. The zero-order valence-corrected chi connectivity index (χ0v) is 17.0. The molecule has 3 aromatic rings. The standard InChI is InChI=1S/C21H26N6O4/c22-19-17-20(24-11-23-19)27(12-25-17)21-18(30)16(14(10-28)31-21)26-15(29)9-5-4-8-13-6-2-1-3-7-13/h1-3,6-7,11-12,14,16,18,21,28,30H,4-5,8-10H2,(H,26,29)(H2,22,23,24)/t14-,16+,18-,21-/m1/s1. The number of fused-ring (bicyclic) bond motifs is 1. The molecule has 0 unspecified atom stereocenters. The Bertz CT molecular complexity index is 1030. The number of amides is 1. The molecular weight excluding hydrogens is 400 g/mol. The molecule has 31 heavy (non-hydrogen) atoms. The number of aryl methyl sites for hydroxylation is 1. The van der Waals surface area contributed by atoms with Crippen LogP contribution in [-0.2, 0) is 16.0 Å². The van der Waals surface area contributed by atoms with Crippen LogP contribution < -0.4 is 11.1 Å². The number of carbonyl (C=O) groups excluding carboxylic acids is 1. The first-order chi connectivity index (χ1) is 15.1. The summed E-state index contributed by atoms with van der Waals surface area (Å²) in [7, 11) is 0. The molecule has 1 fully saturated rings. The van der Waals surface area contributed by atoms with E-state index < -0.39 is 24.5 Å². The van der Waals surface area contributed by atoms with Crippen molar-refractivity contribution in [2.45, 2.75) is 50.2 Å². The van der Waals surface area contributed by atoms with Crippen molar-refractivity contribution in [1.82, 2.24) is 24.8 Å². The topological polar surface area (TPSA) is 148 Å². The van der Waals surface area contributed by atoms with Crippen molar-refractivity contribution in [3.05, 3.63) is 48.5 Å². The van der Waals surface area contributed by atoms with Gasteiger partial charge in [0, 0.05) is 6.42 Å². The average Bonchev–Trinajstić information content (AvgIpc) is 3.34. The molecule has 0 saturated carbocycles. The van der Waals surface area contributed by atoms with Crippen LogP contribution in [-0.4, -0.2) is 60.5 Å². The summed E-state index contributed by atoms with van der Waals surface area (Å²) in [5, 5.41) is 23.4. The molecule has 0 aliphatic carbocycles. The van der Waals surface area contributed by atoms with Crippen LogP contribution >= 0.6 is 0 Å². The van der Waals surface area contributed by atoms with Crippen LogP contribution in [0.2, 0.25) is 0 Å². The predicted octanol–water partition coefficient (Wildman–Crippen LogP) is 0.557. The highest BCUT2D eigenvalue weighted by Gasteiger charge is 2.45. The molecule has 0 bridgehead atoms. The maximum Gasteiger partial charge on any atom is 0.220 e. The molecule has 0 radical (unpaired) electrons. The minimum atomic E-state index is -1.10. The van der Waals surface area contributed by atoms with Gasteiger partial charge >= 0.3 is 0 Å². The lowest BCUT2D eigenvalue weighted by Crippen LogP contribution is -2.48. The quantitative estimate of drug-likeness (QED) is 0.382. The number of nitrogens with zero attached hydrogens (tertiary/aromatic N) is 4. The average molecular weight is 426 g/mol. The van der Waals surface area contributed by atoms with Crippen molar-refractivity contribution in [3.8, 4) is 0 Å². The number of hydrogen-bond acceptors (Lipinski definition) is 8. The smallest absolute Gasteiger partial charge is 0.220 e. The van der Waals surface area contributed by atoms with Crippen LogP contribution in [0, 0.1) is 0 Å². The number of unbranched alkanes of at least 4 members (excludes halogenated alkanes) is 1. The third kappa shape index (κ3) is 4.50. The fourth-order valence-electron chi connectivity index (χ4n) is 3.88. The first kappa shape index (κ1) is 21.2. The molecule has 4 atom stereocenters. The zero-order valence-electron chi connectivity index (χ0n) is 17.0. The van der Waals surface area contributed by atoms with E-state index in [1.807, 2.05) is 18.2 Å². The molecular formula is C21H26N6O4. The van der Waals surface area contributed by atoms with E-state index in [-0.39, 0.29) is 18.3 Å². The van der Waals surface area contributed by atoms with E-state index in [0.717, 1.165) is 19.3 Å². The molecule has 4 rings (SSSR count). The number of nitrogens with one attached hydrogen (secondary N) is 1. The number of hydrogen-bond donors (Lipinski definition) is 4. The van der Waals surface area contributed by atoms with Gasteiger partial charge in [-0.05, 0) is 24.8 Å². The van der Waals surface area contributed by atoms with Gasteiger partial charge in [0.15, 0.2) is 17.7 Å². The van der Waals surface area contributed by atoms with Gasteiger partial charge in [0.1, 0.15) is 24.1 Å². The van der Waals surface area contributed by atoms with Crippen molar-refractivity contribution >= 4 is 22.9 Å². The van der Waals surface area contributed by atoms with Crippen molar-refractivity contribution in [2.24, 2.45) is 0 Å². The molecule has 5 N–H and O–H groups in total. The van der Waals surface area contributed by atoms with Gasteiger partial charge in [-0.1, -0.05) is 30.3 Å². The fourth-order valence-corrected chi connectivity index (χ4v) is 3.88. The number of benzene rings is 1. The number of aliphatic hydroxyl groups is 2. The molecule has 164 valence electrons. The number of imidazole rings is 1. The summed E-state index contributed by atoms with van der Waals surface area (Å²) in [4.78, 5) is 24.7. The highest BCUT2D eigenvalue weighted by atomic mass is 16.5. The Hall–Kier alpha value is -3.08. The second-order valence-electron chi connectivity index (χ2n) is 7.61. The van der Waals surface area contributed by atoms with Gasteiger partial charge in [-0.3, -0.25) is 9.36 Å². The van der Waals surface area contributed by atoms with Crippen molar-refractivity contribution < 1.29 is 19.7 Å². The monoisotopic (exact) mass is 426 g/mol. The summed E-state index contributed by atoms with van der Waals surface area (Å²) in [5.41, 5.74) is 7.85. The van der Waals surface area contributed by atoms with E-state index in [9.17, 15) is 15.0 Å². The van der Waals surface area contributed by atoms with Crippen LogP contribution in [0.25, 0.3) is 11.2 Å². The van der Waals surface area contributed by atoms with Crippen molar-refractivity contribution in [2.75, 3.05) is 12.3 Å². The molecule has 3 heterocycles. The van der Waals surface area contributed by atoms with Gasteiger partial charge in [-0.25, -0.2) is 15.0 Å². The van der Waals surface area contributed by atoms with E-state index >= 15 is 0 Å². The maximum atomic E-state index is 12.5. The second kappa shape index (κ2) is 9.38. The number of rotatable bonds is 8. The number of carbonyl (C=O) groups is 1. The van der Waals surface area contributed by atoms with E-state index in [0.29, 0.717) is 17.6 Å². The van der Waals surface area contributed by atoms with Crippen molar-refractivity contribution in [3.63, 3.8) is 0 Å². The molecule has 1 amide bonds. The number of aromatic nitrogens is 4. The molecule has 0 spiro atoms. The number of nitrogens with two attached hydrogens (primary N) is 1. The Kier molecular flexibility index (Phi) is 6.40. The first-order valence-corrected chi connectivity index (χ1v) is 10.3. The zero-order chi connectivity index (χ0) is 21.8. The van der Waals surface area contributed by atoms with Crippen LogP contribution in [0.1, 0.15) is 31.1 Å². The van der Waals surface area contributed by atoms with Gasteiger partial charge in [-0.2, -0.15) is 0 Å². The van der Waals surface area contributed by atoms with Crippen LogP contribution in [0.3, 0.4) is 0 Å². The van der Waals surface area contributed by atoms with Gasteiger partial charge in [0.05, 0.1) is 19.0 Å². The van der Waals surface area contributed by atoms with Crippen molar-refractivity contribution in [1.29, 1.82) is 0 Å². The molecule has 10 nitrogen and oxygen atoms in total. The lowest BCUT2D eigenvalue weighted by molar-refractivity contribution is -0.123. The minimum absolute atomic E-state index is 0.193. The number of ether oxygens (including phenoxy) is 1. The highest BCUT2D eigenvalue weighted by Crippen LogP contribution is 2.32. The molecule has 1 aliphatic heterocycles. The number of nitrogen functional groups attached to an aromatic ring is 1. The molecule has 1 aromatic carbocycles. The Morgan fingerprint density at radius 1 is 1.19 bits per heavy atom. The minimum Gasteiger partial charge on any atom is -0.394 e. The largest absolute Gasteiger partial charge is 0.394 e. The Morgan fingerprint density at radius 3 is 2.77 bits per heavy atom. The summed E-state index contributed by atoms with van der Waals surface area (Å²) in [6.45, 7) is -0.351. The Labute approximate surface area is 179 Å². The molecule has 2 aromatic heterocycles. The van der Waals surface area contributed by atoms with E-state index in [1.165, 1.54) is 22.8 Å². The number of aliphatic hydroxyl groups excluding tert-OH is 2. The van der Waals surface area contributed by atoms with Gasteiger partial charge in [-0.15, -0.1) is 0 Å². The van der Waals surface area contributed by atoms with Gasteiger partial charge in [0.2, 0.25) is 5.91 Å². The molecule has 1 aliphatic rings. The molecule has 1 saturated heterocycles. The summed E-state index contributed by atoms with van der Waals surface area (Å²) >= 11 is 0. The fraction of sp³-hybridized carbons (Fsp3) is 0.429. The lowest BCUT2D eigenvalue weighted by atomic mass is 10.1. The van der Waals surface area contributed by atoms with Gasteiger partial charge < -0.3 is 26.0 Å². The third-order valence-electron chi connectivity index (χ3n) is 5.51. The SMILES string of the molecule is Nc1ncnc2c1ncn2[C@@H]1O[C@H](CO)[C@H](NC(=O)CCCCc2ccccc2)[C@H]1O. The highest BCUT2D eigenvalue weighted by molar-refractivity contribution is 5.81. The van der Waals surface area contributed by atoms with Crippen LogP contribution in [0.15, 0.2) is 43.0 Å². The van der Waals surface area contributed by atoms with Crippen LogP contribution in [0.4, 0.5) is 5.82 Å². The van der Waals surface area contributed by atoms with E-state index in [1.54, 1.807) is 0 Å². The summed E-state index contributed by atoms with van der Waals surface area (Å²) < 4.78 is 7.35. The predicted molar refractivity (Wildman–Crippen MR) is 113 cm³/mol. The van der Waals surface area contributed by atoms with E-state index in [2.05, 4.69) is 32.4 Å². The first-order valence-electron chi connectivity index (χ1n) is 10.3. The lowest BCUT2D eigenvalue weighted by Gasteiger charge is -2.21. The summed E-state index contributed by atoms with van der Waals surface area (Å²) in [5.74, 6) is 0.0252. The second-order valence-corrected chi connectivity index (χ2v) is 7.61. The Balaban J connectivity index is 1.36. The third-order valence-corrected chi connectivity index (χ3v) is 5.51. The van der Waals surface area contributed by atoms with Gasteiger partial charge in [0.25, 0.3) is 0 Å². The Morgan fingerprint density at radius 2 is 2.00 bits per heavy atom. The normalized spacial score (nSPS) is 23.3. The van der Waals surface area contributed by atoms with E-state index in [4.69, 9.17) is 10.5 Å². The molecule has 10 heteroatoms. The summed E-state index contributed by atoms with van der Waals surface area (Å²) in [6, 6.07) is 9.35. The van der Waals surface area contributed by atoms with Crippen LogP contribution in [0.5, 0.6) is 0 Å². The number of anilines is 1.